The number of carbonyl (C=O) groups is 3. The van der Waals surface area contributed by atoms with E-state index in [4.69, 9.17) is 15.6 Å². The van der Waals surface area contributed by atoms with Gasteiger partial charge in [0.25, 0.3) is 5.91 Å². The summed E-state index contributed by atoms with van der Waals surface area (Å²) in [6.45, 7) is 13.1. The summed E-state index contributed by atoms with van der Waals surface area (Å²) in [6, 6.07) is 13.6. The number of anilines is 2. The largest absolute Gasteiger partial charge is 0.482 e. The number of piperazine rings is 1. The third-order valence-electron chi connectivity index (χ3n) is 11.8. The second kappa shape index (κ2) is 17.9. The van der Waals surface area contributed by atoms with Crippen LogP contribution in [0.15, 0.2) is 60.9 Å². The minimum Gasteiger partial charge on any atom is -0.482 e. The number of fused-ring (bicyclic) bond motifs is 1. The van der Waals surface area contributed by atoms with Crippen LogP contribution in [0.5, 0.6) is 5.75 Å². The normalized spacial score (nSPS) is 17.7. The molecule has 2 aromatic carbocycles. The van der Waals surface area contributed by atoms with Gasteiger partial charge in [0.05, 0.1) is 12.2 Å². The van der Waals surface area contributed by atoms with E-state index in [0.29, 0.717) is 30.2 Å². The van der Waals surface area contributed by atoms with Crippen LogP contribution in [0.3, 0.4) is 0 Å². The van der Waals surface area contributed by atoms with E-state index in [0.717, 1.165) is 112 Å². The van der Waals surface area contributed by atoms with Crippen molar-refractivity contribution >= 4 is 29.6 Å². The van der Waals surface area contributed by atoms with E-state index < -0.39 is 12.1 Å². The number of hydrogen-bond donors (Lipinski definition) is 2. The highest BCUT2D eigenvalue weighted by molar-refractivity contribution is 6.01. The molecule has 4 aromatic rings. The van der Waals surface area contributed by atoms with Crippen LogP contribution in [0, 0.1) is 18.7 Å². The Morgan fingerprint density at radius 2 is 1.81 bits per heavy atom. The first-order valence-corrected chi connectivity index (χ1v) is 20.1. The summed E-state index contributed by atoms with van der Waals surface area (Å²) in [4.78, 5) is 50.3. The van der Waals surface area contributed by atoms with Crippen LogP contribution in [0.2, 0.25) is 0 Å². The third-order valence-corrected chi connectivity index (χ3v) is 11.8. The van der Waals surface area contributed by atoms with Gasteiger partial charge in [-0.25, -0.2) is 9.37 Å². The van der Waals surface area contributed by atoms with E-state index in [2.05, 4.69) is 37.3 Å². The zero-order valence-corrected chi connectivity index (χ0v) is 33.2. The number of nitrogens with one attached hydrogen (secondary N) is 1. The molecular weight excluding hydrogens is 726 g/mol. The Labute approximate surface area is 333 Å². The quantitative estimate of drug-likeness (QED) is 0.163. The average Bonchev–Trinajstić information content (AvgIpc) is 3.76. The topological polar surface area (TPSA) is 142 Å². The summed E-state index contributed by atoms with van der Waals surface area (Å²) in [5.41, 5.74) is 12.3. The van der Waals surface area contributed by atoms with Gasteiger partial charge in [0.15, 0.2) is 11.6 Å². The molecule has 2 unspecified atom stereocenters. The molecule has 57 heavy (non-hydrogen) atoms. The molecule has 14 heteroatoms. The maximum absolute atomic E-state index is 13.8. The molecule has 2 atom stereocenters. The van der Waals surface area contributed by atoms with E-state index >= 15 is 0 Å². The maximum Gasteiger partial charge on any atom is 0.255 e. The van der Waals surface area contributed by atoms with Crippen LogP contribution in [0.4, 0.5) is 15.9 Å². The van der Waals surface area contributed by atoms with Crippen molar-refractivity contribution in [1.29, 1.82) is 0 Å². The van der Waals surface area contributed by atoms with Gasteiger partial charge in [-0.15, -0.1) is 0 Å². The molecule has 5 heterocycles. The van der Waals surface area contributed by atoms with Gasteiger partial charge in [0.2, 0.25) is 5.91 Å². The Hall–Kier alpha value is -5.34. The second-order valence-corrected chi connectivity index (χ2v) is 15.5. The zero-order valence-electron chi connectivity index (χ0n) is 33.2. The number of rotatable bonds is 15. The fraction of sp³-hybridized carbons (Fsp3) is 0.465. The molecular formula is C43H54FN9O4. The summed E-state index contributed by atoms with van der Waals surface area (Å²) < 4.78 is 21.9. The number of aromatic nitrogens is 3. The Bertz CT molecular complexity index is 2060. The molecule has 0 radical (unpaired) electrons. The van der Waals surface area contributed by atoms with E-state index in [1.165, 1.54) is 12.1 Å². The molecule has 302 valence electrons. The summed E-state index contributed by atoms with van der Waals surface area (Å²) in [7, 11) is 1.56. The first-order chi connectivity index (χ1) is 27.6. The molecule has 0 spiro atoms. The Kier molecular flexibility index (Phi) is 12.5. The summed E-state index contributed by atoms with van der Waals surface area (Å²) in [5, 5.41) is 7.45. The highest BCUT2D eigenvalue weighted by atomic mass is 19.1. The number of ether oxygens (including phenoxy) is 1. The van der Waals surface area contributed by atoms with Gasteiger partial charge < -0.3 is 35.3 Å². The number of carbonyl (C=O) groups excluding carboxylic acids is 3. The van der Waals surface area contributed by atoms with Gasteiger partial charge in [-0.05, 0) is 86.6 Å². The third kappa shape index (κ3) is 9.29. The van der Waals surface area contributed by atoms with E-state index in [9.17, 15) is 18.8 Å². The molecule has 2 saturated heterocycles. The summed E-state index contributed by atoms with van der Waals surface area (Å²) in [6.07, 6.45) is 6.98. The fourth-order valence-corrected chi connectivity index (χ4v) is 8.41. The van der Waals surface area contributed by atoms with E-state index in [-0.39, 0.29) is 29.9 Å². The smallest absolute Gasteiger partial charge is 0.255 e. The van der Waals surface area contributed by atoms with Crippen molar-refractivity contribution < 1.29 is 23.5 Å². The number of amides is 2. The van der Waals surface area contributed by atoms with Crippen LogP contribution in [0.1, 0.15) is 65.9 Å². The van der Waals surface area contributed by atoms with Crippen LogP contribution >= 0.6 is 0 Å². The minimum absolute atomic E-state index is 0.149. The number of aldehydes is 1. The number of hydrogen-bond acceptors (Lipinski definition) is 10. The van der Waals surface area contributed by atoms with Gasteiger partial charge in [-0.1, -0.05) is 12.1 Å². The van der Waals surface area contributed by atoms with E-state index in [1.807, 2.05) is 42.8 Å². The first-order valence-electron chi connectivity index (χ1n) is 20.1. The monoisotopic (exact) mass is 779 g/mol. The van der Waals surface area contributed by atoms with Crippen molar-refractivity contribution in [2.75, 3.05) is 70.0 Å². The molecule has 13 nitrogen and oxygen atoms in total. The zero-order chi connectivity index (χ0) is 40.1. The maximum atomic E-state index is 13.8. The predicted octanol–water partition coefficient (Wildman–Crippen LogP) is 4.70. The molecule has 2 fully saturated rings. The van der Waals surface area contributed by atoms with Crippen molar-refractivity contribution in [2.24, 2.45) is 5.92 Å². The highest BCUT2D eigenvalue weighted by Gasteiger charge is 2.36. The van der Waals surface area contributed by atoms with Gasteiger partial charge in [-0.2, -0.15) is 5.10 Å². The number of pyridine rings is 1. The standard InChI is InChI=1S/C43H54FN9O4/c1-29-38(33-24-40(41(45)47-25-33)57-30(2)32-6-4-7-35(44)22-32)28-52(48-29)20-19-49-15-17-50(18-16-49)26-31-11-13-51(14-12-31)36-9-10-37-34(23-36)27-53(43(37)56)39(8-5-21-54)42(55)46-3/h4,6-7,9-10,21-25,28,30-31,39H,5,8,11-20,26-27H2,1-3H3,(H2,45,47)(H,46,55). The average molecular weight is 780 g/mol. The molecule has 0 saturated carbocycles. The number of aryl methyl sites for hydroxylation is 1. The van der Waals surface area contributed by atoms with Crippen molar-refractivity contribution in [3.8, 4) is 16.9 Å². The number of piperidine rings is 1. The molecule has 7 rings (SSSR count). The van der Waals surface area contributed by atoms with Gasteiger partial charge >= 0.3 is 0 Å². The second-order valence-electron chi connectivity index (χ2n) is 15.5. The predicted molar refractivity (Wildman–Crippen MR) is 217 cm³/mol. The Morgan fingerprint density at radius 1 is 1.04 bits per heavy atom. The molecule has 3 N–H and O–H groups in total. The van der Waals surface area contributed by atoms with Crippen LogP contribution < -0.4 is 20.7 Å². The van der Waals surface area contributed by atoms with Crippen LogP contribution in [-0.4, -0.2) is 113 Å². The van der Waals surface area contributed by atoms with Gasteiger partial charge in [0.1, 0.15) is 24.2 Å². The molecule has 3 aliphatic heterocycles. The lowest BCUT2D eigenvalue weighted by Gasteiger charge is -2.39. The summed E-state index contributed by atoms with van der Waals surface area (Å²) >= 11 is 0. The molecule has 0 aliphatic carbocycles. The van der Waals surface area contributed by atoms with Gasteiger partial charge in [0, 0.05) is 107 Å². The lowest BCUT2D eigenvalue weighted by Crippen LogP contribution is -2.49. The number of nitrogens with zero attached hydrogens (tertiary/aromatic N) is 7. The molecule has 2 amide bonds. The lowest BCUT2D eigenvalue weighted by atomic mass is 9.95. The lowest BCUT2D eigenvalue weighted by molar-refractivity contribution is -0.125. The molecule has 0 bridgehead atoms. The van der Waals surface area contributed by atoms with E-state index in [1.54, 1.807) is 24.2 Å². The van der Waals surface area contributed by atoms with Gasteiger partial charge in [-0.3, -0.25) is 19.2 Å². The number of halogens is 1. The van der Waals surface area contributed by atoms with Crippen molar-refractivity contribution in [3.05, 3.63) is 89.1 Å². The SMILES string of the molecule is CNC(=O)C(CCC=O)N1Cc2cc(N3CCC(CN4CCN(CCn5cc(-c6cnc(N)c(OC(C)c7cccc(F)c7)c6)c(C)n5)CC4)CC3)ccc2C1=O. The molecule has 2 aromatic heterocycles. The number of nitrogens with two attached hydrogens (primary N) is 1. The number of nitrogen functional groups attached to an aromatic ring is 1. The van der Waals surface area contributed by atoms with Crippen molar-refractivity contribution in [1.82, 2.24) is 34.8 Å². The van der Waals surface area contributed by atoms with Crippen molar-refractivity contribution in [2.45, 2.75) is 64.8 Å². The Morgan fingerprint density at radius 3 is 2.54 bits per heavy atom. The van der Waals surface area contributed by atoms with Crippen LogP contribution in [0.25, 0.3) is 11.1 Å². The summed E-state index contributed by atoms with van der Waals surface area (Å²) in [5.74, 6) is 0.676. The fourth-order valence-electron chi connectivity index (χ4n) is 8.41. The van der Waals surface area contributed by atoms with Crippen LogP contribution in [-0.2, 0) is 22.7 Å². The Balaban J connectivity index is 0.853. The number of likely N-dealkylation sites (N-methyl/N-ethyl adjacent to an activating group) is 1. The molecule has 3 aliphatic rings. The minimum atomic E-state index is -0.656. The number of benzene rings is 2. The first kappa shape index (κ1) is 39.9. The van der Waals surface area contributed by atoms with Crippen molar-refractivity contribution in [3.63, 3.8) is 0 Å². The highest BCUT2D eigenvalue weighted by Crippen LogP contribution is 2.33.